The molecule has 19 heavy (non-hydrogen) atoms. The first-order valence-corrected chi connectivity index (χ1v) is 6.38. The Kier molecular flexibility index (Phi) is 4.26. The number of rotatable bonds is 4. The van der Waals surface area contributed by atoms with Crippen LogP contribution in [0.25, 0.3) is 0 Å². The molecule has 4 nitrogen and oxygen atoms in total. The summed E-state index contributed by atoms with van der Waals surface area (Å²) in [5.74, 6) is -1.10. The SMILES string of the molecule is CCNc1ncc(Br)c(Nc2cccc(F)c2F)n1. The molecule has 0 spiro atoms. The third kappa shape index (κ3) is 3.17. The van der Waals surface area contributed by atoms with Gasteiger partial charge in [0.1, 0.15) is 5.82 Å². The van der Waals surface area contributed by atoms with Gasteiger partial charge in [-0.1, -0.05) is 6.07 Å². The van der Waals surface area contributed by atoms with E-state index in [-0.39, 0.29) is 5.69 Å². The fourth-order valence-electron chi connectivity index (χ4n) is 1.43. The highest BCUT2D eigenvalue weighted by Crippen LogP contribution is 2.26. The molecule has 0 saturated heterocycles. The van der Waals surface area contributed by atoms with Crippen LogP contribution in [0.15, 0.2) is 28.9 Å². The van der Waals surface area contributed by atoms with Gasteiger partial charge in [0.25, 0.3) is 0 Å². The fraction of sp³-hybridized carbons (Fsp3) is 0.167. The van der Waals surface area contributed by atoms with E-state index in [9.17, 15) is 8.78 Å². The minimum atomic E-state index is -0.946. The van der Waals surface area contributed by atoms with Gasteiger partial charge in [-0.25, -0.2) is 13.8 Å². The molecule has 1 aromatic carbocycles. The van der Waals surface area contributed by atoms with Crippen LogP contribution in [0.5, 0.6) is 0 Å². The molecule has 7 heteroatoms. The second-order valence-corrected chi connectivity index (χ2v) is 4.50. The summed E-state index contributed by atoms with van der Waals surface area (Å²) < 4.78 is 27.2. The zero-order valence-corrected chi connectivity index (χ0v) is 11.6. The van der Waals surface area contributed by atoms with Crippen LogP contribution in [0, 0.1) is 11.6 Å². The maximum atomic E-state index is 13.6. The van der Waals surface area contributed by atoms with E-state index < -0.39 is 11.6 Å². The maximum Gasteiger partial charge on any atom is 0.224 e. The highest BCUT2D eigenvalue weighted by atomic mass is 79.9. The van der Waals surface area contributed by atoms with E-state index in [1.807, 2.05) is 6.92 Å². The van der Waals surface area contributed by atoms with Gasteiger partial charge in [-0.3, -0.25) is 0 Å². The summed E-state index contributed by atoms with van der Waals surface area (Å²) in [6.07, 6.45) is 1.53. The van der Waals surface area contributed by atoms with Gasteiger partial charge in [0.15, 0.2) is 11.6 Å². The van der Waals surface area contributed by atoms with Crippen molar-refractivity contribution in [3.05, 3.63) is 40.5 Å². The van der Waals surface area contributed by atoms with Gasteiger partial charge in [0.05, 0.1) is 10.2 Å². The zero-order valence-electron chi connectivity index (χ0n) is 10.0. The van der Waals surface area contributed by atoms with Crippen LogP contribution < -0.4 is 10.6 Å². The topological polar surface area (TPSA) is 49.8 Å². The number of hydrogen-bond acceptors (Lipinski definition) is 4. The molecule has 2 rings (SSSR count). The summed E-state index contributed by atoms with van der Waals surface area (Å²) in [7, 11) is 0. The molecule has 0 atom stereocenters. The van der Waals surface area contributed by atoms with Gasteiger partial charge in [-0.2, -0.15) is 4.98 Å². The monoisotopic (exact) mass is 328 g/mol. The highest BCUT2D eigenvalue weighted by Gasteiger charge is 2.11. The molecule has 0 aliphatic carbocycles. The number of hydrogen-bond donors (Lipinski definition) is 2. The third-order valence-corrected chi connectivity index (χ3v) is 2.86. The van der Waals surface area contributed by atoms with Crippen LogP contribution in [0.4, 0.5) is 26.2 Å². The molecular formula is C12H11BrF2N4. The smallest absolute Gasteiger partial charge is 0.224 e. The van der Waals surface area contributed by atoms with Crippen molar-refractivity contribution in [3.8, 4) is 0 Å². The van der Waals surface area contributed by atoms with E-state index in [0.717, 1.165) is 6.07 Å². The predicted molar refractivity (Wildman–Crippen MR) is 73.5 cm³/mol. The second-order valence-electron chi connectivity index (χ2n) is 3.65. The van der Waals surface area contributed by atoms with Crippen molar-refractivity contribution in [1.29, 1.82) is 0 Å². The van der Waals surface area contributed by atoms with Crippen molar-refractivity contribution < 1.29 is 8.78 Å². The molecule has 0 bridgehead atoms. The summed E-state index contributed by atoms with van der Waals surface area (Å²) in [4.78, 5) is 8.19. The van der Waals surface area contributed by atoms with Gasteiger partial charge in [-0.15, -0.1) is 0 Å². The van der Waals surface area contributed by atoms with Crippen molar-refractivity contribution in [3.63, 3.8) is 0 Å². The van der Waals surface area contributed by atoms with Gasteiger partial charge >= 0.3 is 0 Å². The Morgan fingerprint density at radius 1 is 1.32 bits per heavy atom. The Morgan fingerprint density at radius 2 is 2.11 bits per heavy atom. The van der Waals surface area contributed by atoms with E-state index in [1.54, 1.807) is 0 Å². The van der Waals surface area contributed by atoms with Gasteiger partial charge in [-0.05, 0) is 35.0 Å². The number of halogens is 3. The molecule has 0 amide bonds. The van der Waals surface area contributed by atoms with Crippen molar-refractivity contribution in [2.75, 3.05) is 17.2 Å². The van der Waals surface area contributed by atoms with Crippen LogP contribution in [0.3, 0.4) is 0 Å². The van der Waals surface area contributed by atoms with Gasteiger partial charge in [0.2, 0.25) is 5.95 Å². The largest absolute Gasteiger partial charge is 0.354 e. The minimum absolute atomic E-state index is 0.0156. The van der Waals surface area contributed by atoms with Gasteiger partial charge < -0.3 is 10.6 Å². The summed E-state index contributed by atoms with van der Waals surface area (Å²) >= 11 is 3.25. The highest BCUT2D eigenvalue weighted by molar-refractivity contribution is 9.10. The van der Waals surface area contributed by atoms with Crippen LogP contribution >= 0.6 is 15.9 Å². The van der Waals surface area contributed by atoms with Crippen molar-refractivity contribution in [2.24, 2.45) is 0 Å². The molecule has 0 fully saturated rings. The summed E-state index contributed by atoms with van der Waals surface area (Å²) in [6, 6.07) is 3.90. The first kappa shape index (κ1) is 13.7. The molecule has 1 heterocycles. The molecule has 2 N–H and O–H groups in total. The predicted octanol–water partition coefficient (Wildman–Crippen LogP) is 3.69. The Morgan fingerprint density at radius 3 is 2.84 bits per heavy atom. The van der Waals surface area contributed by atoms with E-state index in [1.165, 1.54) is 18.3 Å². The molecule has 0 aliphatic heterocycles. The lowest BCUT2D eigenvalue weighted by molar-refractivity contribution is 0.511. The van der Waals surface area contributed by atoms with Crippen LogP contribution in [-0.2, 0) is 0 Å². The summed E-state index contributed by atoms with van der Waals surface area (Å²) in [5, 5.41) is 5.66. The number of nitrogens with zero attached hydrogens (tertiary/aromatic N) is 2. The number of aromatic nitrogens is 2. The molecule has 0 saturated carbocycles. The van der Waals surface area contributed by atoms with Crippen LogP contribution in [0.1, 0.15) is 6.92 Å². The quantitative estimate of drug-likeness (QED) is 0.898. The fourth-order valence-corrected chi connectivity index (χ4v) is 1.72. The molecule has 100 valence electrons. The van der Waals surface area contributed by atoms with Crippen molar-refractivity contribution in [2.45, 2.75) is 6.92 Å². The molecule has 0 radical (unpaired) electrons. The average molecular weight is 329 g/mol. The van der Waals surface area contributed by atoms with E-state index in [4.69, 9.17) is 0 Å². The Balaban J connectivity index is 2.32. The Hall–Kier alpha value is -1.76. The van der Waals surface area contributed by atoms with Crippen LogP contribution in [-0.4, -0.2) is 16.5 Å². The number of nitrogens with one attached hydrogen (secondary N) is 2. The minimum Gasteiger partial charge on any atom is -0.354 e. The van der Waals surface area contributed by atoms with Crippen LogP contribution in [0.2, 0.25) is 0 Å². The Labute approximate surface area is 117 Å². The Bertz CT molecular complexity index is 592. The first-order valence-electron chi connectivity index (χ1n) is 5.59. The molecule has 0 aliphatic rings. The number of benzene rings is 1. The van der Waals surface area contributed by atoms with E-state index in [2.05, 4.69) is 36.5 Å². The lowest BCUT2D eigenvalue weighted by Gasteiger charge is -2.10. The lowest BCUT2D eigenvalue weighted by Crippen LogP contribution is -2.05. The molecule has 0 unspecified atom stereocenters. The van der Waals surface area contributed by atoms with E-state index >= 15 is 0 Å². The average Bonchev–Trinajstić information content (AvgIpc) is 2.39. The standard InChI is InChI=1S/C12H11BrF2N4/c1-2-16-12-17-6-7(13)11(19-12)18-9-5-3-4-8(14)10(9)15/h3-6H,2H2,1H3,(H2,16,17,18,19). The van der Waals surface area contributed by atoms with Crippen molar-refractivity contribution >= 4 is 33.4 Å². The van der Waals surface area contributed by atoms with Crippen molar-refractivity contribution in [1.82, 2.24) is 9.97 Å². The first-order chi connectivity index (χ1) is 9.11. The molecular weight excluding hydrogens is 318 g/mol. The third-order valence-electron chi connectivity index (χ3n) is 2.28. The second kappa shape index (κ2) is 5.92. The summed E-state index contributed by atoms with van der Waals surface area (Å²) in [5.41, 5.74) is 0.0156. The molecule has 1 aromatic heterocycles. The molecule has 2 aromatic rings. The maximum absolute atomic E-state index is 13.6. The van der Waals surface area contributed by atoms with E-state index in [0.29, 0.717) is 22.8 Å². The summed E-state index contributed by atoms with van der Waals surface area (Å²) in [6.45, 7) is 2.57. The lowest BCUT2D eigenvalue weighted by atomic mass is 10.3. The number of anilines is 3. The normalized spacial score (nSPS) is 10.3. The zero-order chi connectivity index (χ0) is 13.8. The van der Waals surface area contributed by atoms with Gasteiger partial charge in [0, 0.05) is 12.7 Å².